The molecule has 0 radical (unpaired) electrons. The quantitative estimate of drug-likeness (QED) is 0.864. The van der Waals surface area contributed by atoms with Crippen LogP contribution in [-0.2, 0) is 0 Å². The summed E-state index contributed by atoms with van der Waals surface area (Å²) in [6.45, 7) is -0.265. The number of alkyl halides is 3. The minimum Gasteiger partial charge on any atom is -0.384 e. The second-order valence-corrected chi connectivity index (χ2v) is 3.94. The van der Waals surface area contributed by atoms with E-state index in [2.05, 4.69) is 11.8 Å². The van der Waals surface area contributed by atoms with E-state index >= 15 is 0 Å². The second-order valence-electron chi connectivity index (χ2n) is 3.94. The van der Waals surface area contributed by atoms with E-state index in [4.69, 9.17) is 5.11 Å². The Morgan fingerprint density at radius 2 is 2.00 bits per heavy atom. The van der Waals surface area contributed by atoms with E-state index in [9.17, 15) is 18.0 Å². The monoisotopic (exact) mass is 285 g/mol. The molecule has 0 aliphatic carbocycles. The largest absolute Gasteiger partial charge is 0.406 e. The number of aliphatic hydroxyl groups excluding tert-OH is 1. The fourth-order valence-electron chi connectivity index (χ4n) is 1.63. The summed E-state index contributed by atoms with van der Waals surface area (Å²) < 4.78 is 37.3. The van der Waals surface area contributed by atoms with Crippen molar-refractivity contribution in [3.63, 3.8) is 0 Å². The summed E-state index contributed by atoms with van der Waals surface area (Å²) in [6, 6.07) is 6.12. The van der Waals surface area contributed by atoms with Gasteiger partial charge in [-0.05, 0) is 19.1 Å². The molecule has 0 bridgehead atoms. The van der Waals surface area contributed by atoms with Gasteiger partial charge in [0.05, 0.1) is 5.56 Å². The first-order valence-corrected chi connectivity index (χ1v) is 5.93. The minimum atomic E-state index is -4.45. The lowest BCUT2D eigenvalue weighted by atomic mass is 10.1. The number of amides is 1. The molecule has 0 saturated heterocycles. The third kappa shape index (κ3) is 4.59. The van der Waals surface area contributed by atoms with Crippen molar-refractivity contribution in [2.24, 2.45) is 0 Å². The average molecular weight is 285 g/mol. The molecule has 3 nitrogen and oxygen atoms in total. The van der Waals surface area contributed by atoms with Gasteiger partial charge in [-0.1, -0.05) is 24.0 Å². The maximum Gasteiger partial charge on any atom is 0.406 e. The van der Waals surface area contributed by atoms with E-state index in [0.717, 1.165) is 0 Å². The summed E-state index contributed by atoms with van der Waals surface area (Å²) in [6.07, 6.45) is -4.45. The highest BCUT2D eigenvalue weighted by Crippen LogP contribution is 2.19. The zero-order chi connectivity index (χ0) is 15.2. The summed E-state index contributed by atoms with van der Waals surface area (Å²) >= 11 is 0. The molecule has 1 amide bonds. The molecule has 0 spiro atoms. The molecule has 0 aliphatic heterocycles. The molecule has 1 N–H and O–H groups in total. The van der Waals surface area contributed by atoms with Crippen LogP contribution in [0, 0.1) is 11.8 Å². The zero-order valence-corrected chi connectivity index (χ0v) is 10.9. The van der Waals surface area contributed by atoms with Crippen molar-refractivity contribution in [3.8, 4) is 11.8 Å². The summed E-state index contributed by atoms with van der Waals surface area (Å²) in [7, 11) is 0. The van der Waals surface area contributed by atoms with Crippen LogP contribution in [0.15, 0.2) is 24.3 Å². The van der Waals surface area contributed by atoms with Gasteiger partial charge >= 0.3 is 6.18 Å². The molecule has 20 heavy (non-hydrogen) atoms. The number of benzene rings is 1. The first-order valence-electron chi connectivity index (χ1n) is 5.93. The molecule has 0 heterocycles. The third-order valence-electron chi connectivity index (χ3n) is 2.50. The van der Waals surface area contributed by atoms with Gasteiger partial charge in [-0.2, -0.15) is 13.2 Å². The Hall–Kier alpha value is -2.00. The van der Waals surface area contributed by atoms with E-state index in [1.54, 1.807) is 12.1 Å². The lowest BCUT2D eigenvalue weighted by molar-refractivity contribution is -0.140. The molecule has 0 atom stereocenters. The zero-order valence-electron chi connectivity index (χ0n) is 10.9. The number of carbonyl (C=O) groups is 1. The number of rotatable bonds is 3. The molecule has 0 saturated carbocycles. The third-order valence-corrected chi connectivity index (χ3v) is 2.50. The van der Waals surface area contributed by atoms with Crippen LogP contribution in [0.4, 0.5) is 13.2 Å². The van der Waals surface area contributed by atoms with Gasteiger partial charge in [0, 0.05) is 12.1 Å². The summed E-state index contributed by atoms with van der Waals surface area (Å²) in [5, 5.41) is 8.65. The van der Waals surface area contributed by atoms with Gasteiger partial charge in [-0.15, -0.1) is 0 Å². The Morgan fingerprint density at radius 1 is 1.35 bits per heavy atom. The summed E-state index contributed by atoms with van der Waals surface area (Å²) in [5.41, 5.74) is 0.395. The van der Waals surface area contributed by atoms with Crippen LogP contribution < -0.4 is 0 Å². The molecule has 0 aromatic heterocycles. The number of aliphatic hydroxyl groups is 1. The van der Waals surface area contributed by atoms with Crippen LogP contribution >= 0.6 is 0 Å². The minimum absolute atomic E-state index is 0.0555. The Morgan fingerprint density at radius 3 is 2.55 bits per heavy atom. The van der Waals surface area contributed by atoms with Crippen molar-refractivity contribution in [1.29, 1.82) is 0 Å². The number of hydrogen-bond acceptors (Lipinski definition) is 2. The first kappa shape index (κ1) is 16.1. The fourth-order valence-corrected chi connectivity index (χ4v) is 1.63. The highest BCUT2D eigenvalue weighted by Gasteiger charge is 2.33. The number of hydrogen-bond donors (Lipinski definition) is 1. The van der Waals surface area contributed by atoms with Crippen molar-refractivity contribution < 1.29 is 23.1 Å². The van der Waals surface area contributed by atoms with E-state index in [-0.39, 0.29) is 18.7 Å². The van der Waals surface area contributed by atoms with Crippen LogP contribution in [0.2, 0.25) is 0 Å². The maximum absolute atomic E-state index is 12.4. The van der Waals surface area contributed by atoms with Gasteiger partial charge in [0.15, 0.2) is 0 Å². The maximum atomic E-state index is 12.4. The number of carbonyl (C=O) groups excluding carboxylic acids is 1. The van der Waals surface area contributed by atoms with Gasteiger partial charge in [0.2, 0.25) is 0 Å². The molecule has 0 aliphatic rings. The van der Waals surface area contributed by atoms with Crippen LogP contribution in [0.3, 0.4) is 0 Å². The molecule has 1 aromatic carbocycles. The van der Waals surface area contributed by atoms with E-state index in [1.807, 2.05) is 0 Å². The van der Waals surface area contributed by atoms with Crippen molar-refractivity contribution in [2.45, 2.75) is 13.1 Å². The van der Waals surface area contributed by atoms with Gasteiger partial charge in [0.25, 0.3) is 5.91 Å². The number of halogens is 3. The van der Waals surface area contributed by atoms with Crippen LogP contribution in [0.1, 0.15) is 22.8 Å². The lowest BCUT2D eigenvalue weighted by Gasteiger charge is -2.22. The Kier molecular flexibility index (Phi) is 5.59. The Balaban J connectivity index is 3.07. The predicted molar refractivity (Wildman–Crippen MR) is 68.0 cm³/mol. The smallest absolute Gasteiger partial charge is 0.384 e. The average Bonchev–Trinajstić information content (AvgIpc) is 2.41. The van der Waals surface area contributed by atoms with E-state index in [0.29, 0.717) is 10.5 Å². The molecular formula is C14H14F3NO2. The second kappa shape index (κ2) is 6.96. The highest BCUT2D eigenvalue weighted by molar-refractivity contribution is 5.96. The Bertz CT molecular complexity index is 529. The standard InChI is InChI=1S/C14H14F3NO2/c1-2-18(10-14(15,16)17)13(20)12-8-4-3-6-11(12)7-5-9-19/h3-4,6,8,19H,2,9-10H2,1H3. The fraction of sp³-hybridized carbons (Fsp3) is 0.357. The van der Waals surface area contributed by atoms with Crippen LogP contribution in [0.5, 0.6) is 0 Å². The van der Waals surface area contributed by atoms with Gasteiger partial charge in [-0.3, -0.25) is 4.79 Å². The topological polar surface area (TPSA) is 40.5 Å². The number of nitrogens with zero attached hydrogens (tertiary/aromatic N) is 1. The lowest BCUT2D eigenvalue weighted by Crippen LogP contribution is -2.39. The Labute approximate surface area is 115 Å². The molecule has 1 rings (SSSR count). The molecule has 0 fully saturated rings. The molecular weight excluding hydrogens is 271 g/mol. The van der Waals surface area contributed by atoms with Crippen LogP contribution in [0.25, 0.3) is 0 Å². The predicted octanol–water partition coefficient (Wildman–Crippen LogP) is 2.05. The van der Waals surface area contributed by atoms with Crippen molar-refractivity contribution >= 4 is 5.91 Å². The van der Waals surface area contributed by atoms with Crippen molar-refractivity contribution in [3.05, 3.63) is 35.4 Å². The van der Waals surface area contributed by atoms with Crippen molar-refractivity contribution in [2.75, 3.05) is 19.7 Å². The molecule has 108 valence electrons. The SMILES string of the molecule is CCN(CC(F)(F)F)C(=O)c1ccccc1C#CCO. The van der Waals surface area contributed by atoms with Gasteiger partial charge in [0.1, 0.15) is 13.2 Å². The van der Waals surface area contributed by atoms with Crippen molar-refractivity contribution in [1.82, 2.24) is 4.90 Å². The van der Waals surface area contributed by atoms with Gasteiger partial charge < -0.3 is 10.0 Å². The van der Waals surface area contributed by atoms with E-state index in [1.165, 1.54) is 19.1 Å². The summed E-state index contributed by atoms with van der Waals surface area (Å²) in [5.74, 6) is 4.21. The van der Waals surface area contributed by atoms with E-state index < -0.39 is 18.6 Å². The van der Waals surface area contributed by atoms with Gasteiger partial charge in [-0.25, -0.2) is 0 Å². The van der Waals surface area contributed by atoms with Crippen LogP contribution in [-0.4, -0.2) is 41.8 Å². The summed E-state index contributed by atoms with van der Waals surface area (Å²) in [4.78, 5) is 12.8. The normalized spacial score (nSPS) is 10.7. The molecule has 6 heteroatoms. The highest BCUT2D eigenvalue weighted by atomic mass is 19.4. The molecule has 0 unspecified atom stereocenters. The first-order chi connectivity index (χ1) is 9.39. The molecule has 1 aromatic rings.